The van der Waals surface area contributed by atoms with Gasteiger partial charge in [0.25, 0.3) is 5.91 Å². The SMILES string of the molecule is C[C@H]1CCc2c(sc(NC(=O)Cc3ccc(S(C)(=O)=O)cc3)c2C(N)=O)C1. The molecular formula is C19H22N2O4S2. The van der Waals surface area contributed by atoms with Crippen molar-refractivity contribution in [3.63, 3.8) is 0 Å². The predicted molar refractivity (Wildman–Crippen MR) is 106 cm³/mol. The van der Waals surface area contributed by atoms with Gasteiger partial charge in [-0.05, 0) is 48.4 Å². The van der Waals surface area contributed by atoms with Crippen molar-refractivity contribution < 1.29 is 18.0 Å². The monoisotopic (exact) mass is 406 g/mol. The molecule has 3 rings (SSSR count). The number of rotatable bonds is 5. The molecule has 3 N–H and O–H groups in total. The Hall–Kier alpha value is -2.19. The highest BCUT2D eigenvalue weighted by Gasteiger charge is 2.27. The van der Waals surface area contributed by atoms with Crippen LogP contribution in [-0.4, -0.2) is 26.5 Å². The van der Waals surface area contributed by atoms with Gasteiger partial charge in [-0.3, -0.25) is 9.59 Å². The largest absolute Gasteiger partial charge is 0.365 e. The van der Waals surface area contributed by atoms with Gasteiger partial charge in [-0.15, -0.1) is 11.3 Å². The summed E-state index contributed by atoms with van der Waals surface area (Å²) in [5.41, 5.74) is 7.66. The van der Waals surface area contributed by atoms with Crippen LogP contribution in [0.25, 0.3) is 0 Å². The van der Waals surface area contributed by atoms with E-state index in [4.69, 9.17) is 5.73 Å². The molecule has 1 aromatic carbocycles. The molecule has 0 saturated carbocycles. The molecule has 8 heteroatoms. The Morgan fingerprint density at radius 3 is 2.52 bits per heavy atom. The number of primary amides is 1. The van der Waals surface area contributed by atoms with Gasteiger partial charge in [-0.1, -0.05) is 19.1 Å². The molecule has 1 atom stereocenters. The van der Waals surface area contributed by atoms with E-state index in [0.29, 0.717) is 22.0 Å². The highest BCUT2D eigenvalue weighted by Crippen LogP contribution is 2.39. The number of carbonyl (C=O) groups is 2. The molecule has 0 unspecified atom stereocenters. The number of nitrogens with two attached hydrogens (primary N) is 1. The van der Waals surface area contributed by atoms with Crippen molar-refractivity contribution in [2.45, 2.75) is 37.5 Å². The van der Waals surface area contributed by atoms with E-state index in [-0.39, 0.29) is 17.2 Å². The van der Waals surface area contributed by atoms with E-state index in [2.05, 4.69) is 12.2 Å². The van der Waals surface area contributed by atoms with Crippen molar-refractivity contribution in [2.75, 3.05) is 11.6 Å². The Kier molecular flexibility index (Phi) is 5.39. The van der Waals surface area contributed by atoms with Crippen LogP contribution in [0.3, 0.4) is 0 Å². The number of carbonyl (C=O) groups excluding carboxylic acids is 2. The van der Waals surface area contributed by atoms with Gasteiger partial charge in [0.2, 0.25) is 5.91 Å². The molecule has 27 heavy (non-hydrogen) atoms. The highest BCUT2D eigenvalue weighted by molar-refractivity contribution is 7.90. The third-order valence-corrected chi connectivity index (χ3v) is 7.03. The highest BCUT2D eigenvalue weighted by atomic mass is 32.2. The van der Waals surface area contributed by atoms with E-state index >= 15 is 0 Å². The quantitative estimate of drug-likeness (QED) is 0.796. The van der Waals surface area contributed by atoms with Crippen LogP contribution in [0.5, 0.6) is 0 Å². The van der Waals surface area contributed by atoms with Gasteiger partial charge in [0.15, 0.2) is 9.84 Å². The minimum Gasteiger partial charge on any atom is -0.365 e. The van der Waals surface area contributed by atoms with E-state index in [1.807, 2.05) is 0 Å². The Balaban J connectivity index is 1.77. The van der Waals surface area contributed by atoms with E-state index in [1.54, 1.807) is 12.1 Å². The van der Waals surface area contributed by atoms with Gasteiger partial charge in [0, 0.05) is 11.1 Å². The third-order valence-electron chi connectivity index (χ3n) is 4.73. The van der Waals surface area contributed by atoms with Crippen molar-refractivity contribution in [3.05, 3.63) is 45.8 Å². The Morgan fingerprint density at radius 1 is 1.26 bits per heavy atom. The van der Waals surface area contributed by atoms with Gasteiger partial charge in [-0.2, -0.15) is 0 Å². The summed E-state index contributed by atoms with van der Waals surface area (Å²) in [6, 6.07) is 6.20. The number of fused-ring (bicyclic) bond motifs is 1. The fourth-order valence-corrected chi connectivity index (χ4v) is 5.37. The van der Waals surface area contributed by atoms with Gasteiger partial charge >= 0.3 is 0 Å². The fraction of sp³-hybridized carbons (Fsp3) is 0.368. The lowest BCUT2D eigenvalue weighted by Crippen LogP contribution is -2.20. The molecule has 0 bridgehead atoms. The topological polar surface area (TPSA) is 106 Å². The summed E-state index contributed by atoms with van der Waals surface area (Å²) in [6.07, 6.45) is 3.92. The number of anilines is 1. The minimum atomic E-state index is -3.27. The van der Waals surface area contributed by atoms with Gasteiger partial charge in [0.1, 0.15) is 5.00 Å². The molecule has 0 aliphatic heterocycles. The molecule has 2 amide bonds. The standard InChI is InChI=1S/C19H22N2O4S2/c1-11-3-8-14-15(9-11)26-19(17(14)18(20)23)21-16(22)10-12-4-6-13(7-5-12)27(2,24)25/h4-7,11H,3,8-10H2,1-2H3,(H2,20,23)(H,21,22)/t11-/m0/s1. The van der Waals surface area contributed by atoms with Crippen molar-refractivity contribution in [1.82, 2.24) is 0 Å². The van der Waals surface area contributed by atoms with Crippen molar-refractivity contribution >= 4 is 38.0 Å². The van der Waals surface area contributed by atoms with E-state index in [0.717, 1.165) is 36.0 Å². The summed E-state index contributed by atoms with van der Waals surface area (Å²) in [5, 5.41) is 3.33. The van der Waals surface area contributed by atoms with E-state index in [1.165, 1.54) is 23.5 Å². The van der Waals surface area contributed by atoms with Crippen LogP contribution in [-0.2, 0) is 33.9 Å². The summed E-state index contributed by atoms with van der Waals surface area (Å²) in [5.74, 6) is -0.236. The third kappa shape index (κ3) is 4.39. The maximum Gasteiger partial charge on any atom is 0.251 e. The molecule has 1 aliphatic rings. The molecule has 144 valence electrons. The average Bonchev–Trinajstić information content (AvgIpc) is 2.91. The second kappa shape index (κ2) is 7.44. The van der Waals surface area contributed by atoms with Crippen LogP contribution in [0.15, 0.2) is 29.2 Å². The van der Waals surface area contributed by atoms with Crippen molar-refractivity contribution in [3.8, 4) is 0 Å². The molecule has 6 nitrogen and oxygen atoms in total. The summed E-state index contributed by atoms with van der Waals surface area (Å²) in [4.78, 5) is 25.7. The second-order valence-corrected chi connectivity index (χ2v) is 10.2. The lowest BCUT2D eigenvalue weighted by molar-refractivity contribution is -0.115. The number of hydrogen-bond acceptors (Lipinski definition) is 5. The minimum absolute atomic E-state index is 0.0845. The van der Waals surface area contributed by atoms with Crippen LogP contribution in [0.1, 0.15) is 39.7 Å². The number of benzene rings is 1. The maximum absolute atomic E-state index is 12.4. The number of hydrogen-bond donors (Lipinski definition) is 2. The molecule has 2 aromatic rings. The average molecular weight is 407 g/mol. The van der Waals surface area contributed by atoms with E-state index in [9.17, 15) is 18.0 Å². The predicted octanol–water partition coefficient (Wildman–Crippen LogP) is 2.56. The summed E-state index contributed by atoms with van der Waals surface area (Å²) < 4.78 is 23.0. The Bertz CT molecular complexity index is 991. The first-order valence-corrected chi connectivity index (χ1v) is 11.4. The molecule has 0 saturated heterocycles. The van der Waals surface area contributed by atoms with Crippen molar-refractivity contribution in [1.29, 1.82) is 0 Å². The number of nitrogens with one attached hydrogen (secondary N) is 1. The lowest BCUT2D eigenvalue weighted by Gasteiger charge is -2.18. The summed E-state index contributed by atoms with van der Waals surface area (Å²) in [7, 11) is -3.27. The maximum atomic E-state index is 12.4. The normalized spacial score (nSPS) is 16.6. The zero-order chi connectivity index (χ0) is 19.8. The zero-order valence-electron chi connectivity index (χ0n) is 15.2. The van der Waals surface area contributed by atoms with Gasteiger partial charge in [0.05, 0.1) is 16.9 Å². The lowest BCUT2D eigenvalue weighted by atomic mass is 9.88. The summed E-state index contributed by atoms with van der Waals surface area (Å²) in [6.45, 7) is 2.17. The molecule has 1 heterocycles. The first-order valence-electron chi connectivity index (χ1n) is 8.68. The van der Waals surface area contributed by atoms with E-state index < -0.39 is 15.7 Å². The Morgan fingerprint density at radius 2 is 1.93 bits per heavy atom. The van der Waals surface area contributed by atoms with Crippen LogP contribution in [0.4, 0.5) is 5.00 Å². The second-order valence-electron chi connectivity index (χ2n) is 7.06. The zero-order valence-corrected chi connectivity index (χ0v) is 16.9. The number of sulfone groups is 1. The van der Waals surface area contributed by atoms with Crippen LogP contribution < -0.4 is 11.1 Å². The molecule has 0 radical (unpaired) electrons. The van der Waals surface area contributed by atoms with Crippen LogP contribution in [0.2, 0.25) is 0 Å². The molecule has 1 aromatic heterocycles. The first-order chi connectivity index (χ1) is 12.6. The van der Waals surface area contributed by atoms with Crippen molar-refractivity contribution in [2.24, 2.45) is 11.7 Å². The number of amides is 2. The molecule has 0 spiro atoms. The molecular weight excluding hydrogens is 384 g/mol. The number of thiophene rings is 1. The molecule has 0 fully saturated rings. The smallest absolute Gasteiger partial charge is 0.251 e. The summed E-state index contributed by atoms with van der Waals surface area (Å²) >= 11 is 1.43. The van der Waals surface area contributed by atoms with Gasteiger partial charge in [-0.25, -0.2) is 8.42 Å². The Labute approximate surface area is 162 Å². The fourth-order valence-electron chi connectivity index (χ4n) is 3.31. The van der Waals surface area contributed by atoms with Gasteiger partial charge < -0.3 is 11.1 Å². The van der Waals surface area contributed by atoms with Crippen LogP contribution >= 0.6 is 11.3 Å². The molecule has 1 aliphatic carbocycles. The van der Waals surface area contributed by atoms with Crippen LogP contribution in [0, 0.1) is 5.92 Å². The first kappa shape index (κ1) is 19.6.